The van der Waals surface area contributed by atoms with Gasteiger partial charge in [-0.15, -0.1) is 11.8 Å². The Morgan fingerprint density at radius 2 is 2.08 bits per heavy atom. The summed E-state index contributed by atoms with van der Waals surface area (Å²) in [6.45, 7) is 1.89. The summed E-state index contributed by atoms with van der Waals surface area (Å²) in [5.74, 6) is 1.71. The molecular weight excluding hydrogens is 324 g/mol. The monoisotopic (exact) mass is 340 g/mol. The normalized spacial score (nSPS) is 10.7. The second kappa shape index (κ2) is 7.27. The zero-order chi connectivity index (χ0) is 16.9. The number of aryl methyl sites for hydroxylation is 1. The molecule has 0 saturated heterocycles. The lowest BCUT2D eigenvalue weighted by molar-refractivity contribution is -0.113. The number of carbonyl (C=O) groups is 1. The van der Waals surface area contributed by atoms with E-state index in [2.05, 4.69) is 20.3 Å². The number of amides is 1. The number of nitrogens with one attached hydrogen (secondary N) is 2. The molecule has 0 aliphatic heterocycles. The SMILES string of the molecule is Cc1cccnc1NC(=O)CSCc1nc2ccccc2c(=O)[nH]1. The molecular formula is C17H16N4O2S. The van der Waals surface area contributed by atoms with Crippen molar-refractivity contribution in [3.05, 3.63) is 64.3 Å². The zero-order valence-corrected chi connectivity index (χ0v) is 13.9. The van der Waals surface area contributed by atoms with E-state index in [0.29, 0.717) is 28.3 Å². The minimum atomic E-state index is -0.162. The Hall–Kier alpha value is -2.67. The largest absolute Gasteiger partial charge is 0.310 e. The average Bonchev–Trinajstić information content (AvgIpc) is 2.57. The highest BCUT2D eigenvalue weighted by atomic mass is 32.2. The number of aromatic nitrogens is 3. The number of thioether (sulfide) groups is 1. The number of aromatic amines is 1. The average molecular weight is 340 g/mol. The van der Waals surface area contributed by atoms with Crippen molar-refractivity contribution in [2.45, 2.75) is 12.7 Å². The van der Waals surface area contributed by atoms with Gasteiger partial charge < -0.3 is 10.3 Å². The maximum absolute atomic E-state index is 12.0. The number of hydrogen-bond donors (Lipinski definition) is 2. The van der Waals surface area contributed by atoms with Crippen molar-refractivity contribution in [2.24, 2.45) is 0 Å². The van der Waals surface area contributed by atoms with E-state index in [4.69, 9.17) is 0 Å². The van der Waals surface area contributed by atoms with Crippen LogP contribution >= 0.6 is 11.8 Å². The molecule has 122 valence electrons. The third-order valence-corrected chi connectivity index (χ3v) is 4.34. The van der Waals surface area contributed by atoms with E-state index in [0.717, 1.165) is 5.56 Å². The van der Waals surface area contributed by atoms with Crippen LogP contribution in [0.25, 0.3) is 10.9 Å². The van der Waals surface area contributed by atoms with E-state index < -0.39 is 0 Å². The minimum absolute atomic E-state index is 0.134. The maximum atomic E-state index is 12.0. The summed E-state index contributed by atoms with van der Waals surface area (Å²) in [7, 11) is 0. The van der Waals surface area contributed by atoms with Crippen molar-refractivity contribution >= 4 is 34.4 Å². The lowest BCUT2D eigenvalue weighted by Gasteiger charge is -2.07. The van der Waals surface area contributed by atoms with Gasteiger partial charge in [-0.2, -0.15) is 0 Å². The van der Waals surface area contributed by atoms with Gasteiger partial charge in [0.2, 0.25) is 5.91 Å². The van der Waals surface area contributed by atoms with Crippen LogP contribution in [0.3, 0.4) is 0 Å². The standard InChI is InChI=1S/C17H16N4O2S/c1-11-5-4-8-18-16(11)21-15(22)10-24-9-14-19-13-7-3-2-6-12(13)17(23)20-14/h2-8H,9-10H2,1H3,(H,18,21,22)(H,19,20,23). The van der Waals surface area contributed by atoms with Gasteiger partial charge in [0, 0.05) is 6.20 Å². The fourth-order valence-corrected chi connectivity index (χ4v) is 2.92. The van der Waals surface area contributed by atoms with Crippen LogP contribution < -0.4 is 10.9 Å². The van der Waals surface area contributed by atoms with Crippen molar-refractivity contribution in [3.8, 4) is 0 Å². The summed E-state index contributed by atoms with van der Waals surface area (Å²) < 4.78 is 0. The lowest BCUT2D eigenvalue weighted by atomic mass is 10.2. The summed E-state index contributed by atoms with van der Waals surface area (Å²) in [6.07, 6.45) is 1.64. The highest BCUT2D eigenvalue weighted by Gasteiger charge is 2.07. The third kappa shape index (κ3) is 3.80. The van der Waals surface area contributed by atoms with Gasteiger partial charge in [0.25, 0.3) is 5.56 Å². The van der Waals surface area contributed by atoms with Crippen molar-refractivity contribution in [1.29, 1.82) is 0 Å². The number of carbonyl (C=O) groups excluding carboxylic acids is 1. The smallest absolute Gasteiger partial charge is 0.258 e. The quantitative estimate of drug-likeness (QED) is 0.745. The maximum Gasteiger partial charge on any atom is 0.258 e. The third-order valence-electron chi connectivity index (χ3n) is 3.40. The molecule has 0 bridgehead atoms. The molecule has 1 aromatic carbocycles. The van der Waals surface area contributed by atoms with E-state index in [9.17, 15) is 9.59 Å². The first-order valence-corrected chi connectivity index (χ1v) is 8.56. The molecule has 0 fully saturated rings. The molecule has 3 rings (SSSR count). The van der Waals surface area contributed by atoms with Gasteiger partial charge in [0.15, 0.2) is 0 Å². The highest BCUT2D eigenvalue weighted by Crippen LogP contribution is 2.13. The number of fused-ring (bicyclic) bond motifs is 1. The zero-order valence-electron chi connectivity index (χ0n) is 13.1. The molecule has 3 aromatic rings. The Balaban J connectivity index is 1.59. The van der Waals surface area contributed by atoms with Crippen molar-refractivity contribution in [3.63, 3.8) is 0 Å². The second-order valence-corrected chi connectivity index (χ2v) is 6.23. The van der Waals surface area contributed by atoms with Gasteiger partial charge in [0.05, 0.1) is 22.4 Å². The Kier molecular flexibility index (Phi) is 4.90. The van der Waals surface area contributed by atoms with Crippen LogP contribution in [0.5, 0.6) is 0 Å². The van der Waals surface area contributed by atoms with Crippen LogP contribution in [-0.4, -0.2) is 26.6 Å². The van der Waals surface area contributed by atoms with Crippen molar-refractivity contribution in [2.75, 3.05) is 11.1 Å². The predicted octanol–water partition coefficient (Wildman–Crippen LogP) is 2.50. The minimum Gasteiger partial charge on any atom is -0.310 e. The van der Waals surface area contributed by atoms with Crippen LogP contribution in [0, 0.1) is 6.92 Å². The van der Waals surface area contributed by atoms with Crippen molar-refractivity contribution in [1.82, 2.24) is 15.0 Å². The first-order valence-electron chi connectivity index (χ1n) is 7.40. The molecule has 0 atom stereocenters. The molecule has 24 heavy (non-hydrogen) atoms. The summed E-state index contributed by atoms with van der Waals surface area (Å²) in [4.78, 5) is 35.2. The van der Waals surface area contributed by atoms with Crippen LogP contribution in [0.1, 0.15) is 11.4 Å². The Morgan fingerprint density at radius 1 is 1.25 bits per heavy atom. The molecule has 2 heterocycles. The number of anilines is 1. The number of nitrogens with zero attached hydrogens (tertiary/aromatic N) is 2. The molecule has 0 unspecified atom stereocenters. The predicted molar refractivity (Wildman–Crippen MR) is 96.1 cm³/mol. The molecule has 0 spiro atoms. The molecule has 2 N–H and O–H groups in total. The number of para-hydroxylation sites is 1. The number of pyridine rings is 1. The number of hydrogen-bond acceptors (Lipinski definition) is 5. The Morgan fingerprint density at radius 3 is 2.92 bits per heavy atom. The van der Waals surface area contributed by atoms with Crippen molar-refractivity contribution < 1.29 is 4.79 Å². The van der Waals surface area contributed by atoms with Gasteiger partial charge >= 0.3 is 0 Å². The summed E-state index contributed by atoms with van der Waals surface area (Å²) in [5, 5.41) is 3.34. The van der Waals surface area contributed by atoms with Gasteiger partial charge in [-0.05, 0) is 30.7 Å². The Labute approximate surface area is 142 Å². The molecule has 2 aromatic heterocycles. The van der Waals surface area contributed by atoms with Gasteiger partial charge in [0.1, 0.15) is 11.6 Å². The van der Waals surface area contributed by atoms with E-state index in [1.54, 1.807) is 24.4 Å². The Bertz CT molecular complexity index is 939. The molecule has 0 aliphatic carbocycles. The van der Waals surface area contributed by atoms with E-state index >= 15 is 0 Å². The van der Waals surface area contributed by atoms with Crippen LogP contribution in [0.4, 0.5) is 5.82 Å². The number of rotatable bonds is 5. The van der Waals surface area contributed by atoms with Gasteiger partial charge in [-0.3, -0.25) is 9.59 Å². The van der Waals surface area contributed by atoms with Crippen LogP contribution in [0.2, 0.25) is 0 Å². The topological polar surface area (TPSA) is 87.7 Å². The molecule has 7 heteroatoms. The number of benzene rings is 1. The van der Waals surface area contributed by atoms with Crippen LogP contribution in [0.15, 0.2) is 47.4 Å². The first kappa shape index (κ1) is 16.2. The van der Waals surface area contributed by atoms with Crippen LogP contribution in [-0.2, 0) is 10.5 Å². The molecule has 0 aliphatic rings. The highest BCUT2D eigenvalue weighted by molar-refractivity contribution is 7.99. The fourth-order valence-electron chi connectivity index (χ4n) is 2.23. The van der Waals surface area contributed by atoms with E-state index in [-0.39, 0.29) is 17.2 Å². The summed E-state index contributed by atoms with van der Waals surface area (Å²) in [5.41, 5.74) is 1.41. The second-order valence-electron chi connectivity index (χ2n) is 5.24. The molecule has 0 radical (unpaired) electrons. The molecule has 1 amide bonds. The summed E-state index contributed by atoms with van der Waals surface area (Å²) >= 11 is 1.38. The van der Waals surface area contributed by atoms with Gasteiger partial charge in [-0.1, -0.05) is 18.2 Å². The number of H-pyrrole nitrogens is 1. The van der Waals surface area contributed by atoms with Gasteiger partial charge in [-0.25, -0.2) is 9.97 Å². The molecule has 0 saturated carbocycles. The van der Waals surface area contributed by atoms with E-state index in [1.807, 2.05) is 25.1 Å². The van der Waals surface area contributed by atoms with E-state index in [1.165, 1.54) is 11.8 Å². The first-order chi connectivity index (χ1) is 11.6. The lowest BCUT2D eigenvalue weighted by Crippen LogP contribution is -2.16. The fraction of sp³-hybridized carbons (Fsp3) is 0.176. The summed E-state index contributed by atoms with van der Waals surface area (Å²) in [6, 6.07) is 10.9. The molecule has 6 nitrogen and oxygen atoms in total.